The van der Waals surface area contributed by atoms with Crippen LogP contribution in [0.25, 0.3) is 21.9 Å². The van der Waals surface area contributed by atoms with E-state index in [0.717, 1.165) is 0 Å². The lowest BCUT2D eigenvalue weighted by Crippen LogP contribution is -2.24. The summed E-state index contributed by atoms with van der Waals surface area (Å²) in [6, 6.07) is 6.18. The third-order valence-corrected chi connectivity index (χ3v) is 3.98. The summed E-state index contributed by atoms with van der Waals surface area (Å²) in [4.78, 5) is 41.1. The number of nitrogens with zero attached hydrogens (tertiary/aromatic N) is 1. The Morgan fingerprint density at radius 1 is 1.12 bits per heavy atom. The van der Waals surface area contributed by atoms with Crippen LogP contribution in [-0.4, -0.2) is 32.1 Å². The number of aromatic carboxylic acids is 2. The predicted molar refractivity (Wildman–Crippen MR) is 91.1 cm³/mol. The number of nitrogens with one attached hydrogen (secondary N) is 1. The number of H-pyrrole nitrogens is 1. The van der Waals surface area contributed by atoms with Gasteiger partial charge in [-0.05, 0) is 23.1 Å². The summed E-state index contributed by atoms with van der Waals surface area (Å²) >= 11 is 5.99. The molecule has 0 saturated heterocycles. The van der Waals surface area contributed by atoms with Crippen LogP contribution in [-0.2, 0) is 0 Å². The average Bonchev–Trinajstić information content (AvgIpc) is 2.53. The van der Waals surface area contributed by atoms with Gasteiger partial charge in [-0.2, -0.15) is 0 Å². The molecule has 9 heteroatoms. The fourth-order valence-corrected chi connectivity index (χ4v) is 2.86. The fraction of sp³-hybridized carbons (Fsp3) is 0. The second-order valence-corrected chi connectivity index (χ2v) is 5.50. The van der Waals surface area contributed by atoms with Gasteiger partial charge < -0.3 is 20.9 Å². The SMILES string of the molecule is Nc1[nH]c(=O)c(C(=O)O)c(-c2ccc3c(Cl)nccc3c2)c1C(=O)O. The van der Waals surface area contributed by atoms with Crippen molar-refractivity contribution in [2.75, 3.05) is 5.73 Å². The van der Waals surface area contributed by atoms with Crippen molar-refractivity contribution in [3.8, 4) is 11.1 Å². The number of hydrogen-bond acceptors (Lipinski definition) is 5. The molecule has 0 fully saturated rings. The lowest BCUT2D eigenvalue weighted by molar-refractivity contribution is 0.0695. The Morgan fingerprint density at radius 2 is 1.80 bits per heavy atom. The maximum absolute atomic E-state index is 12.0. The highest BCUT2D eigenvalue weighted by atomic mass is 35.5. The number of halogens is 1. The van der Waals surface area contributed by atoms with Crippen LogP contribution < -0.4 is 11.3 Å². The number of benzene rings is 1. The molecule has 3 rings (SSSR count). The number of fused-ring (bicyclic) bond motifs is 1. The third-order valence-electron chi connectivity index (χ3n) is 3.68. The molecule has 0 atom stereocenters. The Hall–Kier alpha value is -3.39. The van der Waals surface area contributed by atoms with E-state index in [1.54, 1.807) is 12.1 Å². The number of carboxylic acids is 2. The van der Waals surface area contributed by atoms with E-state index in [1.165, 1.54) is 18.3 Å². The Bertz CT molecular complexity index is 1110. The first-order valence-corrected chi connectivity index (χ1v) is 7.26. The molecule has 0 bridgehead atoms. The zero-order valence-corrected chi connectivity index (χ0v) is 13.2. The number of anilines is 1. The zero-order chi connectivity index (χ0) is 18.3. The van der Waals surface area contributed by atoms with Gasteiger partial charge in [-0.3, -0.25) is 4.79 Å². The van der Waals surface area contributed by atoms with Crippen molar-refractivity contribution in [1.29, 1.82) is 0 Å². The van der Waals surface area contributed by atoms with E-state index in [-0.39, 0.29) is 16.3 Å². The number of aromatic nitrogens is 2. The molecule has 0 amide bonds. The molecule has 25 heavy (non-hydrogen) atoms. The molecular formula is C16H10ClN3O5. The topological polar surface area (TPSA) is 146 Å². The monoisotopic (exact) mass is 359 g/mol. The molecule has 3 aromatic rings. The van der Waals surface area contributed by atoms with Crippen LogP contribution in [0.3, 0.4) is 0 Å². The van der Waals surface area contributed by atoms with Crippen molar-refractivity contribution in [3.05, 3.63) is 57.1 Å². The van der Waals surface area contributed by atoms with Crippen molar-refractivity contribution >= 4 is 40.1 Å². The molecule has 126 valence electrons. The Kier molecular flexibility index (Phi) is 3.90. The van der Waals surface area contributed by atoms with Gasteiger partial charge in [-0.25, -0.2) is 14.6 Å². The summed E-state index contributed by atoms with van der Waals surface area (Å²) in [5.41, 5.74) is 3.37. The van der Waals surface area contributed by atoms with Gasteiger partial charge in [0.1, 0.15) is 22.1 Å². The predicted octanol–water partition coefficient (Wildman–Crippen LogP) is 2.22. The molecule has 0 saturated carbocycles. The van der Waals surface area contributed by atoms with Crippen LogP contribution in [0, 0.1) is 0 Å². The van der Waals surface area contributed by atoms with Crippen LogP contribution >= 0.6 is 11.6 Å². The van der Waals surface area contributed by atoms with Crippen LogP contribution in [0.2, 0.25) is 5.15 Å². The lowest BCUT2D eigenvalue weighted by atomic mass is 9.94. The number of carboxylic acid groups (broad SMARTS) is 2. The lowest BCUT2D eigenvalue weighted by Gasteiger charge is -2.13. The van der Waals surface area contributed by atoms with Crippen molar-refractivity contribution in [2.24, 2.45) is 0 Å². The molecule has 0 unspecified atom stereocenters. The molecule has 2 heterocycles. The van der Waals surface area contributed by atoms with E-state index >= 15 is 0 Å². The fourth-order valence-electron chi connectivity index (χ4n) is 2.63. The standard InChI is InChI=1S/C16H10ClN3O5/c17-12-8-2-1-7(5-6(8)3-4-19-12)9-10(15(22)23)13(18)20-14(21)11(9)16(24)25/h1-5H,(H,22,23)(H,24,25)(H3,18,20,21). The molecule has 0 spiro atoms. The van der Waals surface area contributed by atoms with Gasteiger partial charge in [-0.15, -0.1) is 0 Å². The van der Waals surface area contributed by atoms with Gasteiger partial charge >= 0.3 is 11.9 Å². The maximum atomic E-state index is 12.0. The van der Waals surface area contributed by atoms with E-state index in [4.69, 9.17) is 17.3 Å². The quantitative estimate of drug-likeness (QED) is 0.524. The van der Waals surface area contributed by atoms with Gasteiger partial charge in [0.05, 0.1) is 0 Å². The summed E-state index contributed by atoms with van der Waals surface area (Å²) in [5, 5.41) is 20.3. The summed E-state index contributed by atoms with van der Waals surface area (Å²) in [5.74, 6) is -3.45. The molecule has 0 radical (unpaired) electrons. The van der Waals surface area contributed by atoms with Crippen LogP contribution in [0.15, 0.2) is 35.3 Å². The number of pyridine rings is 2. The van der Waals surface area contributed by atoms with E-state index in [9.17, 15) is 24.6 Å². The summed E-state index contributed by atoms with van der Waals surface area (Å²) in [6.45, 7) is 0. The number of aromatic amines is 1. The second-order valence-electron chi connectivity index (χ2n) is 5.14. The Balaban J connectivity index is 2.45. The number of rotatable bonds is 3. The van der Waals surface area contributed by atoms with Crippen LogP contribution in [0.5, 0.6) is 0 Å². The molecule has 2 aromatic heterocycles. The van der Waals surface area contributed by atoms with Gasteiger partial charge in [0, 0.05) is 17.1 Å². The van der Waals surface area contributed by atoms with Crippen molar-refractivity contribution in [2.45, 2.75) is 0 Å². The largest absolute Gasteiger partial charge is 0.478 e. The van der Waals surface area contributed by atoms with Gasteiger partial charge in [-0.1, -0.05) is 23.7 Å². The first kappa shape index (κ1) is 16.5. The van der Waals surface area contributed by atoms with Gasteiger partial charge in [0.2, 0.25) is 0 Å². The minimum Gasteiger partial charge on any atom is -0.478 e. The first-order valence-electron chi connectivity index (χ1n) is 6.88. The van der Waals surface area contributed by atoms with Crippen molar-refractivity contribution in [1.82, 2.24) is 9.97 Å². The number of carbonyl (C=O) groups is 2. The molecule has 0 aliphatic heterocycles. The average molecular weight is 360 g/mol. The first-order chi connectivity index (χ1) is 11.8. The van der Waals surface area contributed by atoms with E-state index in [2.05, 4.69) is 9.97 Å². The normalized spacial score (nSPS) is 10.8. The molecule has 0 aliphatic carbocycles. The number of hydrogen-bond donors (Lipinski definition) is 4. The summed E-state index contributed by atoms with van der Waals surface area (Å²) in [6.07, 6.45) is 1.46. The maximum Gasteiger partial charge on any atom is 0.342 e. The smallest absolute Gasteiger partial charge is 0.342 e. The molecule has 1 aromatic carbocycles. The van der Waals surface area contributed by atoms with Crippen LogP contribution in [0.1, 0.15) is 20.7 Å². The number of nitrogens with two attached hydrogens (primary N) is 1. The van der Waals surface area contributed by atoms with Crippen LogP contribution in [0.4, 0.5) is 5.82 Å². The minimum absolute atomic E-state index is 0.211. The highest BCUT2D eigenvalue weighted by Crippen LogP contribution is 2.32. The highest BCUT2D eigenvalue weighted by molar-refractivity contribution is 6.34. The third kappa shape index (κ3) is 2.68. The van der Waals surface area contributed by atoms with Gasteiger partial charge in [0.15, 0.2) is 0 Å². The second kappa shape index (κ2) is 5.91. The van der Waals surface area contributed by atoms with E-state index in [1.807, 2.05) is 0 Å². The van der Waals surface area contributed by atoms with E-state index in [0.29, 0.717) is 10.8 Å². The highest BCUT2D eigenvalue weighted by Gasteiger charge is 2.26. The van der Waals surface area contributed by atoms with Crippen molar-refractivity contribution < 1.29 is 19.8 Å². The minimum atomic E-state index is -1.56. The van der Waals surface area contributed by atoms with Crippen molar-refractivity contribution in [3.63, 3.8) is 0 Å². The molecular weight excluding hydrogens is 350 g/mol. The summed E-state index contributed by atoms with van der Waals surface area (Å²) in [7, 11) is 0. The van der Waals surface area contributed by atoms with E-state index < -0.39 is 34.4 Å². The molecule has 0 aliphatic rings. The Labute approximate surface area is 144 Å². The Morgan fingerprint density at radius 3 is 2.44 bits per heavy atom. The number of nitrogen functional groups attached to an aromatic ring is 1. The molecule has 5 N–H and O–H groups in total. The molecule has 8 nitrogen and oxygen atoms in total. The zero-order valence-electron chi connectivity index (χ0n) is 12.4. The summed E-state index contributed by atoms with van der Waals surface area (Å²) < 4.78 is 0. The van der Waals surface area contributed by atoms with Gasteiger partial charge in [0.25, 0.3) is 5.56 Å².